The van der Waals surface area contributed by atoms with Crippen LogP contribution in [0, 0.1) is 23.7 Å². The van der Waals surface area contributed by atoms with E-state index in [0.29, 0.717) is 41.8 Å². The van der Waals surface area contributed by atoms with Crippen molar-refractivity contribution in [1.82, 2.24) is 14.8 Å². The second-order valence-electron chi connectivity index (χ2n) is 12.7. The number of carbonyl (C=O) groups is 1. The number of fused-ring (bicyclic) bond motifs is 1. The predicted octanol–water partition coefficient (Wildman–Crippen LogP) is 7.53. The largest absolute Gasteiger partial charge is 0.481 e. The lowest BCUT2D eigenvalue weighted by molar-refractivity contribution is -0.137. The zero-order chi connectivity index (χ0) is 41.8. The summed E-state index contributed by atoms with van der Waals surface area (Å²) in [5.74, 6) is 12.0. The molecule has 1 heterocycles. The second-order valence-corrected chi connectivity index (χ2v) is 19.0. The summed E-state index contributed by atoms with van der Waals surface area (Å²) in [7, 11) is -13.5. The van der Waals surface area contributed by atoms with Gasteiger partial charge in [-0.2, -0.15) is 0 Å². The van der Waals surface area contributed by atoms with Crippen molar-refractivity contribution in [1.29, 1.82) is 0 Å². The molecule has 0 aliphatic carbocycles. The summed E-state index contributed by atoms with van der Waals surface area (Å²) in [5, 5.41) is 10.6. The zero-order valence-electron chi connectivity index (χ0n) is 32.8. The van der Waals surface area contributed by atoms with E-state index in [0.717, 1.165) is 16.3 Å². The fourth-order valence-corrected chi connectivity index (χ4v) is 10.5. The third-order valence-corrected chi connectivity index (χ3v) is 13.3. The van der Waals surface area contributed by atoms with E-state index in [9.17, 15) is 32.8 Å². The van der Waals surface area contributed by atoms with E-state index < -0.39 is 49.8 Å². The Morgan fingerprint density at radius 3 is 1.74 bits per heavy atom. The van der Waals surface area contributed by atoms with Crippen LogP contribution in [0.25, 0.3) is 10.8 Å². The molecular weight excluding hydrogens is 814 g/mol. The Labute approximate surface area is 336 Å². The van der Waals surface area contributed by atoms with Crippen molar-refractivity contribution < 1.29 is 56.0 Å². The van der Waals surface area contributed by atoms with Crippen molar-refractivity contribution in [2.45, 2.75) is 66.5 Å². The van der Waals surface area contributed by atoms with Gasteiger partial charge in [-0.05, 0) is 75.6 Å². The number of rotatable bonds is 24. The first-order chi connectivity index (χ1) is 27.2. The highest BCUT2D eigenvalue weighted by molar-refractivity contribution is 7.53. The number of benzene rings is 2. The Morgan fingerprint density at radius 2 is 1.25 bits per heavy atom. The minimum Gasteiger partial charge on any atom is -0.481 e. The van der Waals surface area contributed by atoms with E-state index in [2.05, 4.69) is 23.7 Å². The van der Waals surface area contributed by atoms with Gasteiger partial charge < -0.3 is 33.0 Å². The molecule has 0 spiro atoms. The standard InChI is InChI=1S/C38H53N3O12P4/c1-5-50-54(44)27-40(28-55(45)51-6-2)25-34-23-31(24-35(39-34)26-41(29-56(46,47)52-7-3)30-57(48,49)53-8-4)19-20-33-22-21-32(36-16-13-14-17-37(33)36)15-11-9-10-12-18-38(42)43/h13-14,16-17,21-24,54-55H,5-10,12,18,25-30H2,1-4H3,(H,42,43)(H,46,47)(H,48,49). The van der Waals surface area contributed by atoms with Gasteiger partial charge in [0.15, 0.2) is 0 Å². The highest BCUT2D eigenvalue weighted by Crippen LogP contribution is 2.47. The van der Waals surface area contributed by atoms with Crippen LogP contribution in [0.1, 0.15) is 81.5 Å². The van der Waals surface area contributed by atoms with Gasteiger partial charge in [-0.3, -0.25) is 37.8 Å². The van der Waals surface area contributed by atoms with Crippen molar-refractivity contribution in [3.63, 3.8) is 0 Å². The summed E-state index contributed by atoms with van der Waals surface area (Å²) in [6, 6.07) is 14.8. The SMILES string of the molecule is CCO[PH](=O)CN(Cc1cc(C#Cc2ccc(C#CCCCCC(=O)O)c3ccccc23)cc(CN(CP(=O)(O)OCC)CP(=O)(O)OCC)n1)C[PH](=O)OCC. The monoisotopic (exact) mass is 867 g/mol. The fourth-order valence-electron chi connectivity index (χ4n) is 5.73. The Hall–Kier alpha value is -2.96. The fraction of sp³-hybridized carbons (Fsp3) is 0.474. The molecule has 0 saturated carbocycles. The Bertz CT molecular complexity index is 2030. The van der Waals surface area contributed by atoms with Gasteiger partial charge in [-0.1, -0.05) is 47.9 Å². The Morgan fingerprint density at radius 1 is 0.737 bits per heavy atom. The average Bonchev–Trinajstić information content (AvgIpc) is 3.12. The summed E-state index contributed by atoms with van der Waals surface area (Å²) in [5.41, 5.74) is 2.78. The van der Waals surface area contributed by atoms with Crippen LogP contribution in [0.5, 0.6) is 0 Å². The van der Waals surface area contributed by atoms with Crippen molar-refractivity contribution in [3.05, 3.63) is 76.6 Å². The van der Waals surface area contributed by atoms with E-state index in [4.69, 9.17) is 28.2 Å². The third kappa shape index (κ3) is 18.2. The molecule has 0 bridgehead atoms. The summed E-state index contributed by atoms with van der Waals surface area (Å²) < 4.78 is 72.0. The quantitative estimate of drug-likeness (QED) is 0.0453. The molecule has 0 aliphatic heterocycles. The molecule has 3 N–H and O–H groups in total. The highest BCUT2D eigenvalue weighted by Gasteiger charge is 2.30. The van der Waals surface area contributed by atoms with Gasteiger partial charge in [0.1, 0.15) is 12.6 Å². The van der Waals surface area contributed by atoms with Crippen molar-refractivity contribution >= 4 is 48.0 Å². The van der Waals surface area contributed by atoms with Crippen molar-refractivity contribution in [3.8, 4) is 23.7 Å². The predicted molar refractivity (Wildman–Crippen MR) is 222 cm³/mol. The van der Waals surface area contributed by atoms with E-state index in [1.165, 1.54) is 4.90 Å². The summed E-state index contributed by atoms with van der Waals surface area (Å²) in [6.45, 7) is 6.82. The van der Waals surface area contributed by atoms with Gasteiger partial charge in [-0.15, -0.1) is 0 Å². The molecule has 3 rings (SSSR count). The second kappa shape index (κ2) is 24.8. The maximum Gasteiger partial charge on any atom is 0.342 e. The molecule has 0 aliphatic rings. The number of aliphatic carboxylic acids is 1. The zero-order valence-corrected chi connectivity index (χ0v) is 36.6. The molecule has 312 valence electrons. The normalized spacial score (nSPS) is 14.6. The van der Waals surface area contributed by atoms with E-state index in [-0.39, 0.29) is 58.5 Å². The Balaban J connectivity index is 2.10. The summed E-state index contributed by atoms with van der Waals surface area (Å²) in [4.78, 5) is 39.5. The van der Waals surface area contributed by atoms with Gasteiger partial charge in [0.2, 0.25) is 16.1 Å². The number of pyridine rings is 1. The molecular formula is C38H53N3O12P4. The number of nitrogens with zero attached hydrogens (tertiary/aromatic N) is 3. The van der Waals surface area contributed by atoms with Crippen LogP contribution in [0.2, 0.25) is 0 Å². The topological polar surface area (TPSA) is 202 Å². The van der Waals surface area contributed by atoms with Gasteiger partial charge in [0.25, 0.3) is 0 Å². The first-order valence-corrected chi connectivity index (χ1v) is 25.2. The lowest BCUT2D eigenvalue weighted by atomic mass is 9.99. The number of carboxylic acid groups (broad SMARTS) is 1. The van der Waals surface area contributed by atoms with Crippen molar-refractivity contribution in [2.24, 2.45) is 0 Å². The number of hydrogen-bond acceptors (Lipinski definition) is 12. The average molecular weight is 868 g/mol. The Kier molecular flexibility index (Phi) is 21.1. The molecule has 4 unspecified atom stereocenters. The molecule has 19 heteroatoms. The maximum atomic E-state index is 12.9. The van der Waals surface area contributed by atoms with Crippen LogP contribution in [-0.4, -0.2) is 87.2 Å². The van der Waals surface area contributed by atoms with Gasteiger partial charge in [0.05, 0.1) is 50.4 Å². The first kappa shape index (κ1) is 48.4. The number of hydrogen-bond donors (Lipinski definition) is 3. The molecule has 0 saturated heterocycles. The van der Waals surface area contributed by atoms with Crippen LogP contribution in [-0.2, 0) is 54.2 Å². The van der Waals surface area contributed by atoms with Crippen molar-refractivity contribution in [2.75, 3.05) is 51.6 Å². The molecule has 57 heavy (non-hydrogen) atoms. The van der Waals surface area contributed by atoms with Crippen LogP contribution in [0.4, 0.5) is 0 Å². The third-order valence-electron chi connectivity index (χ3n) is 7.87. The van der Waals surface area contributed by atoms with Crippen LogP contribution < -0.4 is 0 Å². The lowest BCUT2D eigenvalue weighted by Crippen LogP contribution is -2.28. The minimum absolute atomic E-state index is 0.0191. The van der Waals surface area contributed by atoms with Gasteiger partial charge in [-0.25, -0.2) is 0 Å². The molecule has 0 fully saturated rings. The molecule has 3 aromatic rings. The highest BCUT2D eigenvalue weighted by atomic mass is 31.2. The molecule has 0 radical (unpaired) electrons. The number of carboxylic acids is 1. The smallest absolute Gasteiger partial charge is 0.342 e. The van der Waals surface area contributed by atoms with Gasteiger partial charge in [0, 0.05) is 42.6 Å². The maximum absolute atomic E-state index is 12.9. The van der Waals surface area contributed by atoms with Gasteiger partial charge >= 0.3 is 21.2 Å². The van der Waals surface area contributed by atoms with E-state index in [1.807, 2.05) is 36.4 Å². The lowest BCUT2D eigenvalue weighted by Gasteiger charge is -2.26. The van der Waals surface area contributed by atoms with Crippen LogP contribution in [0.15, 0.2) is 48.5 Å². The van der Waals surface area contributed by atoms with Crippen LogP contribution in [0.3, 0.4) is 0 Å². The molecule has 1 aromatic heterocycles. The number of unbranched alkanes of at least 4 members (excludes halogenated alkanes) is 2. The van der Waals surface area contributed by atoms with Crippen LogP contribution >= 0.6 is 31.2 Å². The summed E-state index contributed by atoms with van der Waals surface area (Å²) >= 11 is 0. The molecule has 2 aromatic carbocycles. The molecule has 4 atom stereocenters. The number of aromatic nitrogens is 1. The first-order valence-electron chi connectivity index (χ1n) is 18.6. The minimum atomic E-state index is -4.23. The van der Waals surface area contributed by atoms with E-state index >= 15 is 0 Å². The van der Waals surface area contributed by atoms with E-state index in [1.54, 1.807) is 44.7 Å². The molecule has 15 nitrogen and oxygen atoms in total. The molecule has 0 amide bonds. The summed E-state index contributed by atoms with van der Waals surface area (Å²) in [6.07, 6.45) is 0.697.